The van der Waals surface area contributed by atoms with Crippen LogP contribution < -0.4 is 9.46 Å². The molecule has 142 valence electrons. The number of halogens is 1. The second-order valence-corrected chi connectivity index (χ2v) is 8.18. The molecule has 2 rings (SSSR count). The van der Waals surface area contributed by atoms with Gasteiger partial charge in [-0.05, 0) is 24.6 Å². The summed E-state index contributed by atoms with van der Waals surface area (Å²) >= 11 is 1.11. The van der Waals surface area contributed by atoms with E-state index in [0.717, 1.165) is 17.6 Å². The van der Waals surface area contributed by atoms with E-state index in [0.29, 0.717) is 17.8 Å². The molecule has 0 atom stereocenters. The van der Waals surface area contributed by atoms with E-state index in [1.807, 2.05) is 6.92 Å². The van der Waals surface area contributed by atoms with Gasteiger partial charge in [-0.1, -0.05) is 6.07 Å². The number of carbonyl (C=O) groups excluding carboxylic acids is 1. The fourth-order valence-electron chi connectivity index (χ4n) is 2.27. The molecule has 0 radical (unpaired) electrons. The molecule has 2 aromatic rings. The van der Waals surface area contributed by atoms with Gasteiger partial charge in [0.15, 0.2) is 16.7 Å². The van der Waals surface area contributed by atoms with Crippen LogP contribution in [0.25, 0.3) is 0 Å². The minimum atomic E-state index is -3.41. The monoisotopic (exact) mass is 401 g/mol. The molecule has 0 aliphatic carbocycles. The average molecular weight is 401 g/mol. The van der Waals surface area contributed by atoms with Crippen LogP contribution in [-0.2, 0) is 27.8 Å². The molecule has 1 amide bonds. The van der Waals surface area contributed by atoms with E-state index in [1.54, 1.807) is 16.3 Å². The molecule has 0 saturated carbocycles. The van der Waals surface area contributed by atoms with Crippen LogP contribution in [-0.4, -0.2) is 44.1 Å². The Balaban J connectivity index is 2.03. The Morgan fingerprint density at radius 3 is 2.73 bits per heavy atom. The van der Waals surface area contributed by atoms with E-state index >= 15 is 0 Å². The SMILES string of the molecule is CCN(Cc1ccc(OC)c(F)c1)C(=O)Cc1csc(NS(C)(=O)=O)n1. The molecule has 26 heavy (non-hydrogen) atoms. The lowest BCUT2D eigenvalue weighted by Gasteiger charge is -2.21. The van der Waals surface area contributed by atoms with Crippen molar-refractivity contribution in [1.29, 1.82) is 0 Å². The van der Waals surface area contributed by atoms with Crippen molar-refractivity contribution in [2.24, 2.45) is 0 Å². The van der Waals surface area contributed by atoms with E-state index in [2.05, 4.69) is 9.71 Å². The lowest BCUT2D eigenvalue weighted by atomic mass is 10.2. The van der Waals surface area contributed by atoms with Gasteiger partial charge >= 0.3 is 0 Å². The van der Waals surface area contributed by atoms with Gasteiger partial charge in [-0.2, -0.15) is 0 Å². The quantitative estimate of drug-likeness (QED) is 0.733. The molecule has 0 saturated heterocycles. The zero-order valence-electron chi connectivity index (χ0n) is 14.7. The lowest BCUT2D eigenvalue weighted by molar-refractivity contribution is -0.130. The number of rotatable bonds is 8. The van der Waals surface area contributed by atoms with Gasteiger partial charge in [0.05, 0.1) is 25.5 Å². The number of nitrogens with one attached hydrogen (secondary N) is 1. The van der Waals surface area contributed by atoms with E-state index in [4.69, 9.17) is 4.74 Å². The molecule has 0 bridgehead atoms. The highest BCUT2D eigenvalue weighted by molar-refractivity contribution is 7.92. The third kappa shape index (κ3) is 5.67. The van der Waals surface area contributed by atoms with E-state index in [-0.39, 0.29) is 29.8 Å². The predicted octanol–water partition coefficient (Wildman–Crippen LogP) is 2.25. The fourth-order valence-corrected chi connectivity index (χ4v) is 3.83. The highest BCUT2D eigenvalue weighted by Crippen LogP contribution is 2.20. The van der Waals surface area contributed by atoms with Crippen LogP contribution >= 0.6 is 11.3 Å². The largest absolute Gasteiger partial charge is 0.494 e. The Kier molecular flexibility index (Phi) is 6.54. The molecule has 0 spiro atoms. The van der Waals surface area contributed by atoms with E-state index < -0.39 is 15.8 Å². The summed E-state index contributed by atoms with van der Waals surface area (Å²) < 4.78 is 43.4. The number of nitrogens with zero attached hydrogens (tertiary/aromatic N) is 2. The highest BCUT2D eigenvalue weighted by Gasteiger charge is 2.16. The van der Waals surface area contributed by atoms with Gasteiger partial charge in [0.25, 0.3) is 0 Å². The number of amides is 1. The molecular weight excluding hydrogens is 381 g/mol. The summed E-state index contributed by atoms with van der Waals surface area (Å²) in [6.07, 6.45) is 1.07. The van der Waals surface area contributed by atoms with E-state index in [1.165, 1.54) is 19.2 Å². The highest BCUT2D eigenvalue weighted by atomic mass is 32.2. The number of ether oxygens (including phenoxy) is 1. The molecule has 0 unspecified atom stereocenters. The van der Waals surface area contributed by atoms with Crippen LogP contribution in [0.3, 0.4) is 0 Å². The van der Waals surface area contributed by atoms with Gasteiger partial charge in [-0.15, -0.1) is 11.3 Å². The minimum absolute atomic E-state index is 0.0361. The molecule has 10 heteroatoms. The summed E-state index contributed by atoms with van der Waals surface area (Å²) in [6.45, 7) is 2.54. The topological polar surface area (TPSA) is 88.6 Å². The standard InChI is InChI=1S/C16H20FN3O4S2/c1-4-20(9-11-5-6-14(24-2)13(17)7-11)15(21)8-12-10-25-16(18-12)19-26(3,22)23/h5-7,10H,4,8-9H2,1-3H3,(H,18,19). The number of carbonyl (C=O) groups is 1. The molecule has 1 heterocycles. The summed E-state index contributed by atoms with van der Waals surface area (Å²) in [5.74, 6) is -0.513. The summed E-state index contributed by atoms with van der Waals surface area (Å²) in [4.78, 5) is 18.2. The number of thiazole rings is 1. The third-order valence-electron chi connectivity index (χ3n) is 3.48. The first-order valence-corrected chi connectivity index (χ1v) is 10.5. The number of hydrogen-bond acceptors (Lipinski definition) is 6. The number of methoxy groups -OCH3 is 1. The second kappa shape index (κ2) is 8.45. The van der Waals surface area contributed by atoms with Crippen molar-refractivity contribution in [3.63, 3.8) is 0 Å². The Bertz CT molecular complexity index is 883. The van der Waals surface area contributed by atoms with Crippen LogP contribution in [0, 0.1) is 5.82 Å². The van der Waals surface area contributed by atoms with Crippen molar-refractivity contribution in [2.45, 2.75) is 19.9 Å². The van der Waals surface area contributed by atoms with Crippen molar-refractivity contribution < 1.29 is 22.3 Å². The molecule has 1 aromatic heterocycles. The summed E-state index contributed by atoms with van der Waals surface area (Å²) in [7, 11) is -2.02. The number of aromatic nitrogens is 1. The molecule has 0 fully saturated rings. The predicted molar refractivity (Wildman–Crippen MR) is 98.3 cm³/mol. The van der Waals surface area contributed by atoms with Crippen molar-refractivity contribution in [1.82, 2.24) is 9.88 Å². The summed E-state index contributed by atoms with van der Waals surface area (Å²) in [6, 6.07) is 4.56. The Hall–Kier alpha value is -2.20. The van der Waals surface area contributed by atoms with Crippen LogP contribution in [0.15, 0.2) is 23.6 Å². The Morgan fingerprint density at radius 1 is 1.42 bits per heavy atom. The number of likely N-dealkylation sites (N-methyl/N-ethyl adjacent to an activating group) is 1. The summed E-state index contributed by atoms with van der Waals surface area (Å²) in [5, 5.41) is 1.85. The van der Waals surface area contributed by atoms with E-state index in [9.17, 15) is 17.6 Å². The van der Waals surface area contributed by atoms with Crippen LogP contribution in [0.4, 0.5) is 9.52 Å². The zero-order chi connectivity index (χ0) is 19.3. The van der Waals surface area contributed by atoms with Gasteiger partial charge in [-0.25, -0.2) is 17.8 Å². The molecular formula is C16H20FN3O4S2. The van der Waals surface area contributed by atoms with Gasteiger partial charge in [0.1, 0.15) is 0 Å². The van der Waals surface area contributed by atoms with Crippen LogP contribution in [0.2, 0.25) is 0 Å². The number of benzene rings is 1. The third-order valence-corrected chi connectivity index (χ3v) is 4.98. The minimum Gasteiger partial charge on any atom is -0.494 e. The van der Waals surface area contributed by atoms with Crippen molar-refractivity contribution in [2.75, 3.05) is 24.6 Å². The van der Waals surface area contributed by atoms with Crippen LogP contribution in [0.1, 0.15) is 18.2 Å². The molecule has 0 aliphatic heterocycles. The number of hydrogen-bond donors (Lipinski definition) is 1. The Morgan fingerprint density at radius 2 is 2.15 bits per heavy atom. The van der Waals surface area contributed by atoms with Gasteiger partial charge in [-0.3, -0.25) is 9.52 Å². The maximum Gasteiger partial charge on any atom is 0.231 e. The lowest BCUT2D eigenvalue weighted by Crippen LogP contribution is -2.31. The normalized spacial score (nSPS) is 11.2. The average Bonchev–Trinajstić information content (AvgIpc) is 2.97. The number of anilines is 1. The van der Waals surface area contributed by atoms with Crippen LogP contribution in [0.5, 0.6) is 5.75 Å². The maximum absolute atomic E-state index is 13.8. The summed E-state index contributed by atoms with van der Waals surface area (Å²) in [5.41, 5.74) is 1.13. The fraction of sp³-hybridized carbons (Fsp3) is 0.375. The molecule has 1 aromatic carbocycles. The molecule has 0 aliphatic rings. The van der Waals surface area contributed by atoms with Gasteiger partial charge < -0.3 is 9.64 Å². The zero-order valence-corrected chi connectivity index (χ0v) is 16.3. The second-order valence-electron chi connectivity index (χ2n) is 5.57. The molecule has 7 nitrogen and oxygen atoms in total. The van der Waals surface area contributed by atoms with Crippen molar-refractivity contribution >= 4 is 32.4 Å². The van der Waals surface area contributed by atoms with Crippen molar-refractivity contribution in [3.05, 3.63) is 40.7 Å². The smallest absolute Gasteiger partial charge is 0.231 e. The number of sulfonamides is 1. The first-order valence-electron chi connectivity index (χ1n) is 7.74. The van der Waals surface area contributed by atoms with Gasteiger partial charge in [0, 0.05) is 18.5 Å². The maximum atomic E-state index is 13.8. The van der Waals surface area contributed by atoms with Crippen molar-refractivity contribution in [3.8, 4) is 5.75 Å². The molecule has 1 N–H and O–H groups in total. The Labute approximate surface area is 155 Å². The first kappa shape index (κ1) is 20.1. The van der Waals surface area contributed by atoms with Gasteiger partial charge in [0.2, 0.25) is 15.9 Å². The first-order chi connectivity index (χ1) is 12.2.